The van der Waals surface area contributed by atoms with E-state index in [1.165, 1.54) is 6.42 Å². The first kappa shape index (κ1) is 13.2. The summed E-state index contributed by atoms with van der Waals surface area (Å²) in [6.45, 7) is 1.78. The van der Waals surface area contributed by atoms with Gasteiger partial charge in [0.2, 0.25) is 11.6 Å². The smallest absolute Gasteiger partial charge is 0.362 e. The Bertz CT molecular complexity index is 460. The van der Waals surface area contributed by atoms with Crippen molar-refractivity contribution in [3.63, 3.8) is 0 Å². The third-order valence-electron chi connectivity index (χ3n) is 3.53. The third-order valence-corrected chi connectivity index (χ3v) is 4.63. The number of rotatable bonds is 4. The van der Waals surface area contributed by atoms with Crippen LogP contribution in [0.15, 0.2) is 0 Å². The maximum Gasteiger partial charge on any atom is 0.406 e. The van der Waals surface area contributed by atoms with Crippen molar-refractivity contribution in [2.45, 2.75) is 37.5 Å². The van der Waals surface area contributed by atoms with E-state index in [1.54, 1.807) is 18.5 Å². The average Bonchev–Trinajstić information content (AvgIpc) is 2.89. The van der Waals surface area contributed by atoms with Crippen LogP contribution in [0.2, 0.25) is 0 Å². The molecule has 0 radical (unpaired) electrons. The molecule has 1 aromatic heterocycles. The molecule has 7 heteroatoms. The lowest BCUT2D eigenvalue weighted by atomic mass is 10.2. The van der Waals surface area contributed by atoms with E-state index in [0.717, 1.165) is 12.8 Å². The van der Waals surface area contributed by atoms with Crippen LogP contribution < -0.4 is 5.32 Å². The second-order valence-corrected chi connectivity index (χ2v) is 5.80. The highest BCUT2D eigenvalue weighted by Gasteiger charge is 2.29. The van der Waals surface area contributed by atoms with Gasteiger partial charge in [0, 0.05) is 25.3 Å². The van der Waals surface area contributed by atoms with Crippen LogP contribution in [0.4, 0.5) is 11.6 Å². The molecule has 0 saturated heterocycles. The van der Waals surface area contributed by atoms with Crippen molar-refractivity contribution in [1.82, 2.24) is 9.55 Å². The van der Waals surface area contributed by atoms with E-state index < -0.39 is 4.92 Å². The second-order valence-electron chi connectivity index (χ2n) is 4.66. The molecule has 1 aliphatic rings. The number of nitro groups is 1. The molecule has 0 spiro atoms. The van der Waals surface area contributed by atoms with Crippen LogP contribution >= 0.6 is 11.8 Å². The van der Waals surface area contributed by atoms with Gasteiger partial charge >= 0.3 is 5.82 Å². The molecule has 0 aromatic carbocycles. The number of imidazole rings is 1. The van der Waals surface area contributed by atoms with Crippen LogP contribution in [-0.2, 0) is 7.05 Å². The van der Waals surface area contributed by atoms with E-state index in [9.17, 15) is 10.1 Å². The summed E-state index contributed by atoms with van der Waals surface area (Å²) in [5.74, 6) is 1.12. The minimum absolute atomic E-state index is 0.0670. The summed E-state index contributed by atoms with van der Waals surface area (Å²) in [7, 11) is 1.80. The molecular weight excluding hydrogens is 252 g/mol. The molecule has 100 valence electrons. The molecule has 1 heterocycles. The summed E-state index contributed by atoms with van der Waals surface area (Å²) in [5, 5.41) is 14.9. The summed E-state index contributed by atoms with van der Waals surface area (Å²) in [6, 6.07) is 0.316. The Hall–Kier alpha value is -1.24. The van der Waals surface area contributed by atoms with E-state index in [-0.39, 0.29) is 5.82 Å². The Morgan fingerprint density at radius 1 is 1.56 bits per heavy atom. The first-order valence-electron chi connectivity index (χ1n) is 6.00. The van der Waals surface area contributed by atoms with Crippen LogP contribution in [0.5, 0.6) is 0 Å². The molecule has 1 aliphatic carbocycles. The van der Waals surface area contributed by atoms with Crippen LogP contribution in [0, 0.1) is 17.0 Å². The zero-order valence-corrected chi connectivity index (χ0v) is 11.7. The van der Waals surface area contributed by atoms with E-state index in [4.69, 9.17) is 0 Å². The van der Waals surface area contributed by atoms with Gasteiger partial charge in [-0.2, -0.15) is 11.8 Å². The molecule has 2 unspecified atom stereocenters. The molecule has 2 atom stereocenters. The molecule has 1 N–H and O–H groups in total. The van der Waals surface area contributed by atoms with Gasteiger partial charge in [-0.1, -0.05) is 0 Å². The van der Waals surface area contributed by atoms with Gasteiger partial charge in [-0.05, 0) is 35.4 Å². The van der Waals surface area contributed by atoms with Crippen molar-refractivity contribution in [3.05, 3.63) is 15.9 Å². The Morgan fingerprint density at radius 2 is 2.28 bits per heavy atom. The van der Waals surface area contributed by atoms with Crippen LogP contribution in [0.25, 0.3) is 0 Å². The standard InChI is InChI=1S/C11H18N4O2S/c1-7-12-11(15(16)17)10(14(7)2)13-8-4-5-9(6-8)18-3/h8-9,13H,4-6H2,1-3H3. The predicted octanol–water partition coefficient (Wildman–Crippen LogP) is 2.33. The molecule has 1 aromatic rings. The summed E-state index contributed by atoms with van der Waals surface area (Å²) < 4.78 is 1.75. The number of nitrogens with one attached hydrogen (secondary N) is 1. The molecule has 0 bridgehead atoms. The van der Waals surface area contributed by atoms with Crippen LogP contribution in [0.3, 0.4) is 0 Å². The zero-order chi connectivity index (χ0) is 13.3. The largest absolute Gasteiger partial charge is 0.406 e. The molecule has 0 aliphatic heterocycles. The lowest BCUT2D eigenvalue weighted by molar-refractivity contribution is -0.388. The number of hydrogen-bond acceptors (Lipinski definition) is 5. The minimum Gasteiger partial charge on any atom is -0.362 e. The maximum atomic E-state index is 11.0. The topological polar surface area (TPSA) is 73.0 Å². The SMILES string of the molecule is CSC1CCC(Nc2c([N+](=O)[O-])nc(C)n2C)C1. The number of nitrogens with zero attached hydrogens (tertiary/aromatic N) is 3. The first-order valence-corrected chi connectivity index (χ1v) is 7.28. The highest BCUT2D eigenvalue weighted by molar-refractivity contribution is 7.99. The van der Waals surface area contributed by atoms with Crippen molar-refractivity contribution in [2.24, 2.45) is 7.05 Å². The predicted molar refractivity (Wildman–Crippen MR) is 73.2 cm³/mol. The van der Waals surface area contributed by atoms with E-state index in [2.05, 4.69) is 16.6 Å². The van der Waals surface area contributed by atoms with Crippen molar-refractivity contribution in [2.75, 3.05) is 11.6 Å². The van der Waals surface area contributed by atoms with Crippen LogP contribution in [0.1, 0.15) is 25.1 Å². The minimum atomic E-state index is -0.420. The van der Waals surface area contributed by atoms with Crippen molar-refractivity contribution in [3.8, 4) is 0 Å². The molecule has 1 fully saturated rings. The number of thioether (sulfide) groups is 1. The van der Waals surface area contributed by atoms with Gasteiger partial charge in [0.15, 0.2) is 0 Å². The first-order chi connectivity index (χ1) is 8.52. The lowest BCUT2D eigenvalue weighted by Gasteiger charge is -2.13. The normalized spacial score (nSPS) is 23.3. The highest BCUT2D eigenvalue weighted by Crippen LogP contribution is 2.32. The Kier molecular flexibility index (Phi) is 3.79. The lowest BCUT2D eigenvalue weighted by Crippen LogP contribution is -2.18. The van der Waals surface area contributed by atoms with Gasteiger partial charge in [0.25, 0.3) is 0 Å². The Labute approximate surface area is 110 Å². The number of anilines is 1. The molecule has 6 nitrogen and oxygen atoms in total. The quantitative estimate of drug-likeness (QED) is 0.671. The van der Waals surface area contributed by atoms with Crippen LogP contribution in [-0.4, -0.2) is 32.0 Å². The van der Waals surface area contributed by atoms with Gasteiger partial charge in [0.05, 0.1) is 0 Å². The van der Waals surface area contributed by atoms with Gasteiger partial charge in [-0.25, -0.2) is 0 Å². The van der Waals surface area contributed by atoms with E-state index >= 15 is 0 Å². The van der Waals surface area contributed by atoms with Gasteiger partial charge in [-0.3, -0.25) is 4.57 Å². The zero-order valence-electron chi connectivity index (χ0n) is 10.8. The highest BCUT2D eigenvalue weighted by atomic mass is 32.2. The molecule has 0 amide bonds. The molecule has 1 saturated carbocycles. The van der Waals surface area contributed by atoms with Gasteiger partial charge in [0.1, 0.15) is 0 Å². The Balaban J connectivity index is 2.16. The summed E-state index contributed by atoms with van der Waals surface area (Å²) in [4.78, 5) is 14.5. The molecule has 2 rings (SSSR count). The molecule has 18 heavy (non-hydrogen) atoms. The van der Waals surface area contributed by atoms with E-state index in [0.29, 0.717) is 22.9 Å². The summed E-state index contributed by atoms with van der Waals surface area (Å²) in [6.07, 6.45) is 5.41. The number of aromatic nitrogens is 2. The Morgan fingerprint density at radius 3 is 2.83 bits per heavy atom. The fourth-order valence-corrected chi connectivity index (χ4v) is 3.16. The monoisotopic (exact) mass is 270 g/mol. The second kappa shape index (κ2) is 5.17. The van der Waals surface area contributed by atoms with Gasteiger partial charge in [-0.15, -0.1) is 0 Å². The fourth-order valence-electron chi connectivity index (χ4n) is 2.36. The fraction of sp³-hybridized carbons (Fsp3) is 0.727. The van der Waals surface area contributed by atoms with Crippen molar-refractivity contribution >= 4 is 23.4 Å². The maximum absolute atomic E-state index is 11.0. The number of aryl methyl sites for hydroxylation is 1. The molecular formula is C11H18N4O2S. The van der Waals surface area contributed by atoms with Gasteiger partial charge < -0.3 is 15.4 Å². The summed E-state index contributed by atoms with van der Waals surface area (Å²) >= 11 is 1.87. The average molecular weight is 270 g/mol. The van der Waals surface area contributed by atoms with Crippen molar-refractivity contribution < 1.29 is 4.92 Å². The third kappa shape index (κ3) is 2.45. The summed E-state index contributed by atoms with van der Waals surface area (Å²) in [5.41, 5.74) is 0. The van der Waals surface area contributed by atoms with Crippen molar-refractivity contribution in [1.29, 1.82) is 0 Å². The van der Waals surface area contributed by atoms with E-state index in [1.807, 2.05) is 11.8 Å². The number of hydrogen-bond donors (Lipinski definition) is 1.